The Morgan fingerprint density at radius 2 is 1.61 bits per heavy atom. The highest BCUT2D eigenvalue weighted by Crippen LogP contribution is 2.16. The standard InChI is InChI=1S/C14H18O4/c1-9-5-6-11(7-10(9)2)8-12(13(15)17-3)14(16)18-4/h5-7,12H,8H2,1-4H3. The van der Waals surface area contributed by atoms with E-state index in [1.54, 1.807) is 0 Å². The zero-order valence-corrected chi connectivity index (χ0v) is 11.1. The third kappa shape index (κ3) is 3.32. The van der Waals surface area contributed by atoms with Crippen LogP contribution < -0.4 is 0 Å². The number of rotatable bonds is 4. The van der Waals surface area contributed by atoms with E-state index < -0.39 is 17.9 Å². The number of hydrogen-bond donors (Lipinski definition) is 0. The van der Waals surface area contributed by atoms with Crippen LogP contribution in [0.3, 0.4) is 0 Å². The Bertz CT molecular complexity index is 435. The Hall–Kier alpha value is -1.84. The summed E-state index contributed by atoms with van der Waals surface area (Å²) in [6.45, 7) is 4.00. The number of esters is 2. The van der Waals surface area contributed by atoms with Crippen molar-refractivity contribution in [1.29, 1.82) is 0 Å². The van der Waals surface area contributed by atoms with Gasteiger partial charge in [-0.15, -0.1) is 0 Å². The molecule has 0 radical (unpaired) electrons. The van der Waals surface area contributed by atoms with Crippen LogP contribution in [0.25, 0.3) is 0 Å². The van der Waals surface area contributed by atoms with E-state index in [4.69, 9.17) is 0 Å². The van der Waals surface area contributed by atoms with Crippen molar-refractivity contribution in [3.8, 4) is 0 Å². The first-order valence-electron chi connectivity index (χ1n) is 5.71. The maximum atomic E-state index is 11.5. The molecule has 0 unspecified atom stereocenters. The molecule has 0 aliphatic rings. The van der Waals surface area contributed by atoms with Crippen LogP contribution in [0.2, 0.25) is 0 Å². The second-order valence-electron chi connectivity index (χ2n) is 4.22. The summed E-state index contributed by atoms with van der Waals surface area (Å²) in [5.41, 5.74) is 3.21. The molecule has 0 aliphatic heterocycles. The molecule has 1 rings (SSSR count). The zero-order valence-electron chi connectivity index (χ0n) is 11.1. The number of aryl methyl sites for hydroxylation is 2. The predicted octanol–water partition coefficient (Wildman–Crippen LogP) is 1.81. The molecule has 1 aromatic rings. The lowest BCUT2D eigenvalue weighted by Crippen LogP contribution is -2.28. The number of carbonyl (C=O) groups is 2. The van der Waals surface area contributed by atoms with Crippen molar-refractivity contribution in [3.63, 3.8) is 0 Å². The highest BCUT2D eigenvalue weighted by Gasteiger charge is 2.28. The van der Waals surface area contributed by atoms with Gasteiger partial charge in [0, 0.05) is 0 Å². The quantitative estimate of drug-likeness (QED) is 0.604. The summed E-state index contributed by atoms with van der Waals surface area (Å²) < 4.78 is 9.24. The van der Waals surface area contributed by atoms with E-state index in [0.717, 1.165) is 11.1 Å². The maximum Gasteiger partial charge on any atom is 0.320 e. The van der Waals surface area contributed by atoms with E-state index >= 15 is 0 Å². The molecule has 18 heavy (non-hydrogen) atoms. The van der Waals surface area contributed by atoms with Gasteiger partial charge in [-0.25, -0.2) is 0 Å². The molecule has 4 heteroatoms. The van der Waals surface area contributed by atoms with Gasteiger partial charge in [0.15, 0.2) is 5.92 Å². The fourth-order valence-corrected chi connectivity index (χ4v) is 1.71. The molecule has 0 aliphatic carbocycles. The number of hydrogen-bond acceptors (Lipinski definition) is 4. The number of ether oxygens (including phenoxy) is 2. The molecule has 0 bridgehead atoms. The highest BCUT2D eigenvalue weighted by molar-refractivity contribution is 5.95. The second kappa shape index (κ2) is 6.19. The first-order chi connectivity index (χ1) is 8.49. The fourth-order valence-electron chi connectivity index (χ4n) is 1.71. The van der Waals surface area contributed by atoms with Crippen molar-refractivity contribution in [3.05, 3.63) is 34.9 Å². The van der Waals surface area contributed by atoms with Gasteiger partial charge in [0.05, 0.1) is 14.2 Å². The lowest BCUT2D eigenvalue weighted by molar-refractivity contribution is -0.158. The largest absolute Gasteiger partial charge is 0.468 e. The molecule has 0 saturated heterocycles. The van der Waals surface area contributed by atoms with Crippen molar-refractivity contribution in [2.24, 2.45) is 5.92 Å². The molecule has 0 amide bonds. The number of carbonyl (C=O) groups excluding carboxylic acids is 2. The summed E-state index contributed by atoms with van der Waals surface area (Å²) in [7, 11) is 2.53. The van der Waals surface area contributed by atoms with Gasteiger partial charge >= 0.3 is 11.9 Å². The minimum atomic E-state index is -0.901. The van der Waals surface area contributed by atoms with Crippen molar-refractivity contribution < 1.29 is 19.1 Å². The molecule has 0 N–H and O–H groups in total. The molecule has 0 atom stereocenters. The van der Waals surface area contributed by atoms with E-state index in [2.05, 4.69) is 9.47 Å². The van der Waals surface area contributed by atoms with Gasteiger partial charge in [-0.05, 0) is 37.0 Å². The fraction of sp³-hybridized carbons (Fsp3) is 0.429. The van der Waals surface area contributed by atoms with Crippen molar-refractivity contribution >= 4 is 11.9 Å². The van der Waals surface area contributed by atoms with Gasteiger partial charge < -0.3 is 9.47 Å². The molecular formula is C14H18O4. The topological polar surface area (TPSA) is 52.6 Å². The monoisotopic (exact) mass is 250 g/mol. The number of methoxy groups -OCH3 is 2. The molecule has 0 fully saturated rings. The summed E-state index contributed by atoms with van der Waals surface area (Å²) in [4.78, 5) is 23.1. The van der Waals surface area contributed by atoms with Crippen LogP contribution >= 0.6 is 0 Å². The van der Waals surface area contributed by atoms with Gasteiger partial charge in [0.1, 0.15) is 0 Å². The van der Waals surface area contributed by atoms with Crippen LogP contribution in [0.15, 0.2) is 18.2 Å². The van der Waals surface area contributed by atoms with Crippen LogP contribution in [0.4, 0.5) is 0 Å². The van der Waals surface area contributed by atoms with E-state index in [-0.39, 0.29) is 0 Å². The molecule has 4 nitrogen and oxygen atoms in total. The lowest BCUT2D eigenvalue weighted by atomic mass is 9.96. The Balaban J connectivity index is 2.92. The van der Waals surface area contributed by atoms with E-state index in [0.29, 0.717) is 6.42 Å². The van der Waals surface area contributed by atoms with Gasteiger partial charge in [-0.2, -0.15) is 0 Å². The van der Waals surface area contributed by atoms with Crippen LogP contribution in [-0.4, -0.2) is 26.2 Å². The van der Waals surface area contributed by atoms with Gasteiger partial charge in [0.25, 0.3) is 0 Å². The zero-order chi connectivity index (χ0) is 13.7. The van der Waals surface area contributed by atoms with E-state index in [9.17, 15) is 9.59 Å². The molecule has 0 aromatic heterocycles. The van der Waals surface area contributed by atoms with Crippen LogP contribution in [0, 0.1) is 19.8 Å². The molecule has 0 spiro atoms. The Morgan fingerprint density at radius 1 is 1.06 bits per heavy atom. The average Bonchev–Trinajstić information content (AvgIpc) is 2.38. The Labute approximate surface area is 107 Å². The normalized spacial score (nSPS) is 10.3. The van der Waals surface area contributed by atoms with Gasteiger partial charge in [-0.3, -0.25) is 9.59 Å². The minimum absolute atomic E-state index is 0.292. The van der Waals surface area contributed by atoms with Gasteiger partial charge in [0.2, 0.25) is 0 Å². The van der Waals surface area contributed by atoms with Crippen molar-refractivity contribution in [1.82, 2.24) is 0 Å². The lowest BCUT2D eigenvalue weighted by Gasteiger charge is -2.13. The van der Waals surface area contributed by atoms with E-state index in [1.807, 2.05) is 32.0 Å². The minimum Gasteiger partial charge on any atom is -0.468 e. The SMILES string of the molecule is COC(=O)C(Cc1ccc(C)c(C)c1)C(=O)OC. The molecule has 0 saturated carbocycles. The second-order valence-corrected chi connectivity index (χ2v) is 4.22. The molecule has 98 valence electrons. The summed E-state index contributed by atoms with van der Waals surface area (Å²) in [6, 6.07) is 5.84. The van der Waals surface area contributed by atoms with Crippen LogP contribution in [-0.2, 0) is 25.5 Å². The third-order valence-electron chi connectivity index (χ3n) is 2.98. The first kappa shape index (κ1) is 14.2. The third-order valence-corrected chi connectivity index (χ3v) is 2.98. The van der Waals surface area contributed by atoms with E-state index in [1.165, 1.54) is 19.8 Å². The molecule has 0 heterocycles. The average molecular weight is 250 g/mol. The first-order valence-corrected chi connectivity index (χ1v) is 5.71. The summed E-state index contributed by atoms with van der Waals surface area (Å²) >= 11 is 0. The summed E-state index contributed by atoms with van der Waals surface area (Å²) in [5, 5.41) is 0. The van der Waals surface area contributed by atoms with Crippen LogP contribution in [0.1, 0.15) is 16.7 Å². The van der Waals surface area contributed by atoms with Gasteiger partial charge in [-0.1, -0.05) is 18.2 Å². The Kier molecular flexibility index (Phi) is 4.89. The summed E-state index contributed by atoms with van der Waals surface area (Å²) in [5.74, 6) is -2.04. The number of benzene rings is 1. The summed E-state index contributed by atoms with van der Waals surface area (Å²) in [6.07, 6.45) is 0.292. The molecular weight excluding hydrogens is 232 g/mol. The Morgan fingerprint density at radius 3 is 2.06 bits per heavy atom. The smallest absolute Gasteiger partial charge is 0.320 e. The van der Waals surface area contributed by atoms with Crippen molar-refractivity contribution in [2.45, 2.75) is 20.3 Å². The van der Waals surface area contributed by atoms with Crippen LogP contribution in [0.5, 0.6) is 0 Å². The maximum absolute atomic E-state index is 11.5. The molecule has 1 aromatic carbocycles. The van der Waals surface area contributed by atoms with Crippen molar-refractivity contribution in [2.75, 3.05) is 14.2 Å². The predicted molar refractivity (Wildman–Crippen MR) is 67.1 cm³/mol. The highest BCUT2D eigenvalue weighted by atomic mass is 16.5.